The van der Waals surface area contributed by atoms with Crippen LogP contribution in [0, 0.1) is 0 Å². The summed E-state index contributed by atoms with van der Waals surface area (Å²) in [6, 6.07) is 25.3. The number of hydrogen-bond donors (Lipinski definition) is 1. The lowest BCUT2D eigenvalue weighted by Gasteiger charge is -2.10. The zero-order valence-electron chi connectivity index (χ0n) is 19.2. The van der Waals surface area contributed by atoms with Gasteiger partial charge in [-0.3, -0.25) is 14.2 Å². The number of benzene rings is 3. The van der Waals surface area contributed by atoms with Crippen LogP contribution in [0.15, 0.2) is 90.0 Å². The number of fused-ring (bicyclic) bond motifs is 3. The number of carbonyl (C=O) groups excluding carboxylic acids is 1. The van der Waals surface area contributed by atoms with Gasteiger partial charge in [0.15, 0.2) is 0 Å². The third-order valence-corrected chi connectivity index (χ3v) is 6.51. The molecule has 2 heterocycles. The fourth-order valence-electron chi connectivity index (χ4n) is 4.40. The fraction of sp³-hybridized carbons (Fsp3) is 0.179. The molecule has 1 amide bonds. The lowest BCUT2D eigenvalue weighted by Crippen LogP contribution is -2.30. The first-order valence-electron chi connectivity index (χ1n) is 11.6. The minimum Gasteiger partial charge on any atom is -0.355 e. The van der Waals surface area contributed by atoms with Crippen molar-refractivity contribution < 1.29 is 4.79 Å². The first-order chi connectivity index (χ1) is 17.1. The highest BCUT2D eigenvalue weighted by Crippen LogP contribution is 2.25. The molecule has 0 atom stereocenters. The molecule has 0 saturated carbocycles. The maximum Gasteiger partial charge on any atom is 0.278 e. The number of hydrogen-bond acceptors (Lipinski definition) is 3. The molecular formula is C28H25ClN4O2. The van der Waals surface area contributed by atoms with E-state index >= 15 is 0 Å². The molecule has 0 aliphatic heterocycles. The fourth-order valence-corrected chi connectivity index (χ4v) is 4.60. The number of halogens is 1. The van der Waals surface area contributed by atoms with Gasteiger partial charge >= 0.3 is 0 Å². The van der Waals surface area contributed by atoms with Gasteiger partial charge in [0.1, 0.15) is 17.6 Å². The molecular weight excluding hydrogens is 460 g/mol. The Balaban J connectivity index is 1.41. The van der Waals surface area contributed by atoms with Crippen LogP contribution in [-0.4, -0.2) is 26.6 Å². The smallest absolute Gasteiger partial charge is 0.278 e. The van der Waals surface area contributed by atoms with Gasteiger partial charge in [-0.15, -0.1) is 0 Å². The molecule has 0 bridgehead atoms. The largest absolute Gasteiger partial charge is 0.355 e. The number of amides is 1. The Morgan fingerprint density at radius 3 is 2.51 bits per heavy atom. The van der Waals surface area contributed by atoms with Gasteiger partial charge in [0.05, 0.1) is 18.4 Å². The Labute approximate surface area is 207 Å². The summed E-state index contributed by atoms with van der Waals surface area (Å²) in [6.45, 7) is 0.914. The van der Waals surface area contributed by atoms with Crippen molar-refractivity contribution in [3.8, 4) is 0 Å². The van der Waals surface area contributed by atoms with Crippen LogP contribution in [0.25, 0.3) is 21.9 Å². The van der Waals surface area contributed by atoms with E-state index in [9.17, 15) is 9.59 Å². The van der Waals surface area contributed by atoms with Crippen molar-refractivity contribution in [1.82, 2.24) is 19.4 Å². The lowest BCUT2D eigenvalue weighted by atomic mass is 10.1. The molecule has 5 rings (SSSR count). The Morgan fingerprint density at radius 1 is 0.943 bits per heavy atom. The summed E-state index contributed by atoms with van der Waals surface area (Å²) in [6.07, 6.45) is 3.29. The number of nitrogens with one attached hydrogen (secondary N) is 1. The molecule has 0 saturated heterocycles. The normalized spacial score (nSPS) is 11.2. The topological polar surface area (TPSA) is 68.9 Å². The van der Waals surface area contributed by atoms with Crippen molar-refractivity contribution in [2.75, 3.05) is 6.54 Å². The average molecular weight is 485 g/mol. The minimum atomic E-state index is -0.206. The minimum absolute atomic E-state index is 0.0440. The second-order valence-corrected chi connectivity index (χ2v) is 8.92. The molecule has 7 heteroatoms. The summed E-state index contributed by atoms with van der Waals surface area (Å²) in [5.74, 6) is -0.137. The average Bonchev–Trinajstić information content (AvgIpc) is 3.19. The SMILES string of the molecule is O=C(Cn1c2ccccc2c2ncn(Cc3ccccc3Cl)c(=O)c21)NCCCc1ccccc1. The van der Waals surface area contributed by atoms with Crippen LogP contribution in [0.4, 0.5) is 0 Å². The highest BCUT2D eigenvalue weighted by molar-refractivity contribution is 6.31. The zero-order chi connectivity index (χ0) is 24.2. The van der Waals surface area contributed by atoms with Gasteiger partial charge in [-0.25, -0.2) is 4.98 Å². The van der Waals surface area contributed by atoms with E-state index in [2.05, 4.69) is 22.4 Å². The Kier molecular flexibility index (Phi) is 6.64. The van der Waals surface area contributed by atoms with Crippen molar-refractivity contribution in [3.05, 3.63) is 112 Å². The van der Waals surface area contributed by atoms with Crippen LogP contribution >= 0.6 is 11.6 Å². The first-order valence-corrected chi connectivity index (χ1v) is 12.0. The van der Waals surface area contributed by atoms with Gasteiger partial charge in [-0.1, -0.05) is 78.3 Å². The monoisotopic (exact) mass is 484 g/mol. The number of aryl methyl sites for hydroxylation is 1. The molecule has 0 aliphatic carbocycles. The first kappa shape index (κ1) is 22.9. The summed E-state index contributed by atoms with van der Waals surface area (Å²) < 4.78 is 3.31. The predicted octanol–water partition coefficient (Wildman–Crippen LogP) is 4.80. The van der Waals surface area contributed by atoms with Gasteiger partial charge < -0.3 is 9.88 Å². The molecule has 6 nitrogen and oxygen atoms in total. The van der Waals surface area contributed by atoms with Crippen molar-refractivity contribution in [2.24, 2.45) is 0 Å². The van der Waals surface area contributed by atoms with Crippen LogP contribution in [0.5, 0.6) is 0 Å². The number of aromatic nitrogens is 3. The molecule has 0 fully saturated rings. The van der Waals surface area contributed by atoms with Crippen molar-refractivity contribution in [1.29, 1.82) is 0 Å². The number of carbonyl (C=O) groups is 1. The number of rotatable bonds is 8. The van der Waals surface area contributed by atoms with Crippen LogP contribution in [0.3, 0.4) is 0 Å². The predicted molar refractivity (Wildman–Crippen MR) is 140 cm³/mol. The Hall–Kier alpha value is -3.90. The molecule has 176 valence electrons. The van der Waals surface area contributed by atoms with E-state index in [1.54, 1.807) is 17.0 Å². The Morgan fingerprint density at radius 2 is 1.69 bits per heavy atom. The standard InChI is InChI=1S/C28H25ClN4O2/c29-23-14-6-4-12-21(23)17-32-19-31-26-22-13-5-7-15-24(22)33(27(26)28(32)35)18-25(34)30-16-8-11-20-9-2-1-3-10-20/h1-7,9-10,12-15,19H,8,11,16-18H2,(H,30,34). The molecule has 0 spiro atoms. The molecule has 5 aromatic rings. The second kappa shape index (κ2) is 10.2. The number of para-hydroxylation sites is 1. The molecule has 35 heavy (non-hydrogen) atoms. The van der Waals surface area contributed by atoms with E-state index < -0.39 is 0 Å². The maximum atomic E-state index is 13.6. The summed E-state index contributed by atoms with van der Waals surface area (Å²) in [7, 11) is 0. The van der Waals surface area contributed by atoms with Gasteiger partial charge in [-0.2, -0.15) is 0 Å². The van der Waals surface area contributed by atoms with Crippen molar-refractivity contribution in [2.45, 2.75) is 25.9 Å². The zero-order valence-corrected chi connectivity index (χ0v) is 19.9. The van der Waals surface area contributed by atoms with Crippen molar-refractivity contribution >= 4 is 39.4 Å². The van der Waals surface area contributed by atoms with E-state index in [0.717, 1.165) is 29.3 Å². The van der Waals surface area contributed by atoms with Gasteiger partial charge in [0, 0.05) is 17.0 Å². The van der Waals surface area contributed by atoms with Gasteiger partial charge in [0.25, 0.3) is 5.56 Å². The molecule has 1 N–H and O–H groups in total. The van der Waals surface area contributed by atoms with Crippen molar-refractivity contribution in [3.63, 3.8) is 0 Å². The third-order valence-electron chi connectivity index (χ3n) is 6.14. The van der Waals surface area contributed by atoms with Crippen LogP contribution in [-0.2, 0) is 24.3 Å². The van der Waals surface area contributed by atoms with E-state index in [-0.39, 0.29) is 18.0 Å². The Bertz CT molecular complexity index is 1560. The second-order valence-electron chi connectivity index (χ2n) is 8.51. The van der Waals surface area contributed by atoms with Crippen LogP contribution < -0.4 is 10.9 Å². The van der Waals surface area contributed by atoms with Crippen LogP contribution in [0.2, 0.25) is 5.02 Å². The summed E-state index contributed by atoms with van der Waals surface area (Å²) in [4.78, 5) is 31.0. The van der Waals surface area contributed by atoms with E-state index in [1.807, 2.05) is 60.7 Å². The highest BCUT2D eigenvalue weighted by atomic mass is 35.5. The van der Waals surface area contributed by atoms with Crippen LogP contribution in [0.1, 0.15) is 17.5 Å². The maximum absolute atomic E-state index is 13.6. The van der Waals surface area contributed by atoms with E-state index in [0.29, 0.717) is 29.1 Å². The summed E-state index contributed by atoms with van der Waals surface area (Å²) in [5, 5.41) is 4.44. The molecule has 3 aromatic carbocycles. The molecule has 2 aromatic heterocycles. The number of nitrogens with zero attached hydrogens (tertiary/aromatic N) is 3. The quantitative estimate of drug-likeness (QED) is 0.322. The third kappa shape index (κ3) is 4.84. The molecule has 0 radical (unpaired) electrons. The highest BCUT2D eigenvalue weighted by Gasteiger charge is 2.18. The lowest BCUT2D eigenvalue weighted by molar-refractivity contribution is -0.121. The summed E-state index contributed by atoms with van der Waals surface area (Å²) in [5.41, 5.74) is 3.69. The summed E-state index contributed by atoms with van der Waals surface area (Å²) >= 11 is 6.31. The molecule has 0 unspecified atom stereocenters. The van der Waals surface area contributed by atoms with Gasteiger partial charge in [0.2, 0.25) is 5.91 Å². The molecule has 0 aliphatic rings. The van der Waals surface area contributed by atoms with E-state index in [1.165, 1.54) is 10.1 Å². The van der Waals surface area contributed by atoms with Gasteiger partial charge in [-0.05, 0) is 36.1 Å². The van der Waals surface area contributed by atoms with E-state index in [4.69, 9.17) is 11.6 Å².